The van der Waals surface area contributed by atoms with Gasteiger partial charge < -0.3 is 4.74 Å². The van der Waals surface area contributed by atoms with Gasteiger partial charge >= 0.3 is 0 Å². The third-order valence-electron chi connectivity index (χ3n) is 2.36. The number of ether oxygens (including phenoxy) is 1. The summed E-state index contributed by atoms with van der Waals surface area (Å²) in [5.41, 5.74) is 1.10. The van der Waals surface area contributed by atoms with Crippen LogP contribution >= 0.6 is 10.7 Å². The van der Waals surface area contributed by atoms with Crippen molar-refractivity contribution in [1.82, 2.24) is 0 Å². The van der Waals surface area contributed by atoms with E-state index in [0.717, 1.165) is 5.56 Å². The second-order valence-electron chi connectivity index (χ2n) is 3.80. The number of halogens is 1. The minimum Gasteiger partial charge on any atom is -0.456 e. The van der Waals surface area contributed by atoms with Crippen LogP contribution in [0.15, 0.2) is 53.4 Å². The fraction of sp³-hybridized carbons (Fsp3) is 0.0769. The fourth-order valence-electron chi connectivity index (χ4n) is 1.47. The van der Waals surface area contributed by atoms with Crippen LogP contribution in [0.1, 0.15) is 5.56 Å². The van der Waals surface area contributed by atoms with Crippen molar-refractivity contribution in [2.24, 2.45) is 0 Å². The lowest BCUT2D eigenvalue weighted by molar-refractivity contribution is 0.468. The van der Waals surface area contributed by atoms with Crippen LogP contribution in [0.2, 0.25) is 0 Å². The first-order valence-corrected chi connectivity index (χ1v) is 7.56. The molecule has 0 aliphatic heterocycles. The first-order valence-electron chi connectivity index (χ1n) is 5.25. The van der Waals surface area contributed by atoms with E-state index in [4.69, 9.17) is 15.4 Å². The van der Waals surface area contributed by atoms with E-state index < -0.39 is 9.05 Å². The Morgan fingerprint density at radius 3 is 2.22 bits per heavy atom. The lowest BCUT2D eigenvalue weighted by Gasteiger charge is -2.09. The van der Waals surface area contributed by atoms with Crippen molar-refractivity contribution in [1.29, 1.82) is 0 Å². The Labute approximate surface area is 110 Å². The average Bonchev–Trinajstić information content (AvgIpc) is 2.31. The summed E-state index contributed by atoms with van der Waals surface area (Å²) < 4.78 is 28.3. The number of hydrogen-bond acceptors (Lipinski definition) is 3. The number of rotatable bonds is 3. The summed E-state index contributed by atoms with van der Waals surface area (Å²) in [7, 11) is 1.53. The van der Waals surface area contributed by atoms with Gasteiger partial charge in [0.15, 0.2) is 0 Å². The van der Waals surface area contributed by atoms with E-state index in [9.17, 15) is 8.42 Å². The zero-order valence-corrected chi connectivity index (χ0v) is 11.2. The predicted octanol–water partition coefficient (Wildman–Crippen LogP) is 3.71. The lowest BCUT2D eigenvalue weighted by atomic mass is 10.2. The van der Waals surface area contributed by atoms with Gasteiger partial charge in [-0.25, -0.2) is 8.42 Å². The standard InChI is InChI=1S/C13H11ClO3S/c1-10-6-8-11(9-7-10)17-12-4-2-3-5-13(12)18(14,15)16/h2-9H,1H3. The molecule has 0 saturated carbocycles. The summed E-state index contributed by atoms with van der Waals surface area (Å²) in [5, 5.41) is 0. The van der Waals surface area contributed by atoms with Crippen LogP contribution in [-0.2, 0) is 9.05 Å². The Balaban J connectivity index is 2.38. The van der Waals surface area contributed by atoms with Gasteiger partial charge in [0.1, 0.15) is 16.4 Å². The van der Waals surface area contributed by atoms with E-state index in [-0.39, 0.29) is 10.6 Å². The van der Waals surface area contributed by atoms with Gasteiger partial charge in [0.25, 0.3) is 9.05 Å². The van der Waals surface area contributed by atoms with Gasteiger partial charge in [-0.3, -0.25) is 0 Å². The quantitative estimate of drug-likeness (QED) is 0.806. The molecule has 0 saturated heterocycles. The predicted molar refractivity (Wildman–Crippen MR) is 70.7 cm³/mol. The molecule has 0 radical (unpaired) electrons. The number of benzene rings is 2. The second kappa shape index (κ2) is 5.00. The third-order valence-corrected chi connectivity index (χ3v) is 3.72. The summed E-state index contributed by atoms with van der Waals surface area (Å²) in [4.78, 5) is -0.0350. The molecule has 3 nitrogen and oxygen atoms in total. The maximum Gasteiger partial charge on any atom is 0.265 e. The molecule has 5 heteroatoms. The van der Waals surface area contributed by atoms with Gasteiger partial charge in [0.05, 0.1) is 0 Å². The van der Waals surface area contributed by atoms with Crippen molar-refractivity contribution in [3.63, 3.8) is 0 Å². The number of aryl methyl sites for hydroxylation is 1. The van der Waals surface area contributed by atoms with Crippen LogP contribution in [-0.4, -0.2) is 8.42 Å². The van der Waals surface area contributed by atoms with Crippen LogP contribution in [0.5, 0.6) is 11.5 Å². The minimum atomic E-state index is -3.81. The van der Waals surface area contributed by atoms with Crippen molar-refractivity contribution in [3.05, 3.63) is 54.1 Å². The highest BCUT2D eigenvalue weighted by molar-refractivity contribution is 8.13. The second-order valence-corrected chi connectivity index (χ2v) is 6.33. The molecule has 0 unspecified atom stereocenters. The summed E-state index contributed by atoms with van der Waals surface area (Å²) >= 11 is 0. The average molecular weight is 283 g/mol. The van der Waals surface area contributed by atoms with Gasteiger partial charge in [0.2, 0.25) is 0 Å². The molecule has 0 atom stereocenters. The fourth-order valence-corrected chi connectivity index (χ4v) is 2.44. The molecule has 94 valence electrons. The van der Waals surface area contributed by atoms with Crippen molar-refractivity contribution >= 4 is 19.7 Å². The van der Waals surface area contributed by atoms with Crippen molar-refractivity contribution in [2.45, 2.75) is 11.8 Å². The smallest absolute Gasteiger partial charge is 0.265 e. The van der Waals surface area contributed by atoms with Crippen LogP contribution in [0.25, 0.3) is 0 Å². The monoisotopic (exact) mass is 282 g/mol. The Hall–Kier alpha value is -1.52. The molecule has 2 aromatic rings. The van der Waals surface area contributed by atoms with E-state index in [2.05, 4.69) is 0 Å². The van der Waals surface area contributed by atoms with Gasteiger partial charge in [-0.1, -0.05) is 29.8 Å². The molecule has 0 amide bonds. The van der Waals surface area contributed by atoms with Gasteiger partial charge in [-0.2, -0.15) is 0 Å². The minimum absolute atomic E-state index is 0.0350. The number of para-hydroxylation sites is 1. The zero-order chi connectivity index (χ0) is 13.2. The van der Waals surface area contributed by atoms with E-state index in [1.165, 1.54) is 6.07 Å². The topological polar surface area (TPSA) is 43.4 Å². The highest BCUT2D eigenvalue weighted by Gasteiger charge is 2.16. The molecule has 0 fully saturated rings. The molecule has 0 aliphatic rings. The molecule has 0 N–H and O–H groups in total. The van der Waals surface area contributed by atoms with E-state index in [1.54, 1.807) is 30.3 Å². The van der Waals surface area contributed by atoms with Crippen LogP contribution < -0.4 is 4.74 Å². The molecule has 0 aromatic heterocycles. The van der Waals surface area contributed by atoms with Gasteiger partial charge in [-0.15, -0.1) is 0 Å². The SMILES string of the molecule is Cc1ccc(Oc2ccccc2S(=O)(=O)Cl)cc1. The normalized spacial score (nSPS) is 11.2. The highest BCUT2D eigenvalue weighted by atomic mass is 35.7. The van der Waals surface area contributed by atoms with E-state index >= 15 is 0 Å². The molecule has 0 heterocycles. The van der Waals surface area contributed by atoms with Gasteiger partial charge in [-0.05, 0) is 31.2 Å². The Bertz CT molecular complexity index is 648. The Morgan fingerprint density at radius 2 is 1.61 bits per heavy atom. The first-order chi connectivity index (χ1) is 8.47. The molecule has 0 bridgehead atoms. The number of hydrogen-bond donors (Lipinski definition) is 0. The Kier molecular flexibility index (Phi) is 3.59. The molecule has 0 spiro atoms. The zero-order valence-electron chi connectivity index (χ0n) is 9.63. The van der Waals surface area contributed by atoms with Crippen LogP contribution in [0, 0.1) is 6.92 Å². The maximum absolute atomic E-state index is 11.4. The van der Waals surface area contributed by atoms with Crippen LogP contribution in [0.3, 0.4) is 0 Å². The summed E-state index contributed by atoms with van der Waals surface area (Å²) in [6.45, 7) is 1.96. The maximum atomic E-state index is 11.4. The molecule has 2 rings (SSSR count). The molecular formula is C13H11ClO3S. The van der Waals surface area contributed by atoms with Crippen molar-refractivity contribution in [3.8, 4) is 11.5 Å². The molecule has 18 heavy (non-hydrogen) atoms. The molecule has 0 aliphatic carbocycles. The summed E-state index contributed by atoms with van der Waals surface area (Å²) in [5.74, 6) is 0.782. The molecule has 2 aromatic carbocycles. The van der Waals surface area contributed by atoms with E-state index in [0.29, 0.717) is 5.75 Å². The molecular weight excluding hydrogens is 272 g/mol. The van der Waals surface area contributed by atoms with Crippen molar-refractivity contribution < 1.29 is 13.2 Å². The highest BCUT2D eigenvalue weighted by Crippen LogP contribution is 2.30. The lowest BCUT2D eigenvalue weighted by Crippen LogP contribution is -1.95. The van der Waals surface area contributed by atoms with Crippen LogP contribution in [0.4, 0.5) is 0 Å². The van der Waals surface area contributed by atoms with Crippen molar-refractivity contribution in [2.75, 3.05) is 0 Å². The largest absolute Gasteiger partial charge is 0.456 e. The third kappa shape index (κ3) is 3.03. The van der Waals surface area contributed by atoms with E-state index in [1.807, 2.05) is 19.1 Å². The summed E-state index contributed by atoms with van der Waals surface area (Å²) in [6.07, 6.45) is 0. The first kappa shape index (κ1) is 12.9. The van der Waals surface area contributed by atoms with Gasteiger partial charge in [0, 0.05) is 10.7 Å². The Morgan fingerprint density at radius 1 is 1.00 bits per heavy atom. The summed E-state index contributed by atoms with van der Waals surface area (Å²) in [6, 6.07) is 13.6.